The van der Waals surface area contributed by atoms with Gasteiger partial charge in [0, 0.05) is 8.95 Å². The molecule has 0 radical (unpaired) electrons. The molecule has 0 saturated carbocycles. The molecular formula is C9H6Br2N4. The van der Waals surface area contributed by atoms with Gasteiger partial charge in [0.1, 0.15) is 0 Å². The van der Waals surface area contributed by atoms with Crippen molar-refractivity contribution in [3.63, 3.8) is 0 Å². The van der Waals surface area contributed by atoms with E-state index in [9.17, 15) is 0 Å². The molecule has 76 valence electrons. The Morgan fingerprint density at radius 2 is 1.47 bits per heavy atom. The van der Waals surface area contributed by atoms with Gasteiger partial charge in [-0.1, -0.05) is 6.07 Å². The van der Waals surface area contributed by atoms with E-state index in [-0.39, 0.29) is 0 Å². The third kappa shape index (κ3) is 2.21. The lowest BCUT2D eigenvalue weighted by molar-refractivity contribution is 0.815. The van der Waals surface area contributed by atoms with Crippen molar-refractivity contribution in [2.75, 3.05) is 0 Å². The monoisotopic (exact) mass is 328 g/mol. The zero-order chi connectivity index (χ0) is 10.8. The molecule has 0 aliphatic rings. The molecule has 0 aliphatic carbocycles. The quantitative estimate of drug-likeness (QED) is 0.807. The normalized spacial score (nSPS) is 10.3. The van der Waals surface area contributed by atoms with Crippen molar-refractivity contribution in [3.05, 3.63) is 33.0 Å². The molecule has 1 aromatic carbocycles. The Hall–Kier alpha value is -0.880. The van der Waals surface area contributed by atoms with Crippen molar-refractivity contribution in [1.29, 1.82) is 0 Å². The van der Waals surface area contributed by atoms with Gasteiger partial charge >= 0.3 is 0 Å². The largest absolute Gasteiger partial charge is 0.205 e. The lowest BCUT2D eigenvalue weighted by Gasteiger charge is -2.03. The molecule has 0 atom stereocenters. The van der Waals surface area contributed by atoms with E-state index in [0.717, 1.165) is 14.5 Å². The van der Waals surface area contributed by atoms with Gasteiger partial charge in [0.15, 0.2) is 5.82 Å². The molecule has 0 amide bonds. The summed E-state index contributed by atoms with van der Waals surface area (Å²) < 4.78 is 1.81. The summed E-state index contributed by atoms with van der Waals surface area (Å²) in [7, 11) is 0. The van der Waals surface area contributed by atoms with Crippen molar-refractivity contribution >= 4 is 31.9 Å². The lowest BCUT2D eigenvalue weighted by Crippen LogP contribution is -1.99. The Morgan fingerprint density at radius 1 is 0.933 bits per heavy atom. The number of halogens is 2. The van der Waals surface area contributed by atoms with Crippen molar-refractivity contribution in [2.45, 2.75) is 6.92 Å². The van der Waals surface area contributed by atoms with Crippen molar-refractivity contribution in [1.82, 2.24) is 20.4 Å². The summed E-state index contributed by atoms with van der Waals surface area (Å²) in [6.45, 7) is 1.75. The first-order chi connectivity index (χ1) is 7.18. The van der Waals surface area contributed by atoms with Crippen LogP contribution in [0.25, 0.3) is 11.4 Å². The highest BCUT2D eigenvalue weighted by Crippen LogP contribution is 2.31. The smallest absolute Gasteiger partial charge is 0.131 e. The summed E-state index contributed by atoms with van der Waals surface area (Å²) in [5, 5.41) is 15.7. The van der Waals surface area contributed by atoms with E-state index >= 15 is 0 Å². The SMILES string of the molecule is Cc1nnc(-c2c(Br)cccc2Br)nn1. The summed E-state index contributed by atoms with van der Waals surface area (Å²) in [6.07, 6.45) is 0. The van der Waals surface area contributed by atoms with E-state index in [1.807, 2.05) is 18.2 Å². The van der Waals surface area contributed by atoms with Gasteiger partial charge < -0.3 is 0 Å². The molecule has 0 fully saturated rings. The van der Waals surface area contributed by atoms with Crippen LogP contribution in [-0.4, -0.2) is 20.4 Å². The summed E-state index contributed by atoms with van der Waals surface area (Å²) in [6, 6.07) is 5.76. The molecule has 0 aliphatic heterocycles. The maximum Gasteiger partial charge on any atom is 0.205 e. The van der Waals surface area contributed by atoms with Gasteiger partial charge in [-0.15, -0.1) is 20.4 Å². The molecule has 0 bridgehead atoms. The van der Waals surface area contributed by atoms with Crippen LogP contribution in [0, 0.1) is 6.92 Å². The maximum atomic E-state index is 3.99. The molecule has 0 spiro atoms. The second-order valence-corrected chi connectivity index (χ2v) is 4.58. The molecule has 15 heavy (non-hydrogen) atoms. The van der Waals surface area contributed by atoms with Crippen LogP contribution in [0.3, 0.4) is 0 Å². The fourth-order valence-corrected chi connectivity index (χ4v) is 2.44. The Bertz CT molecular complexity index is 464. The minimum absolute atomic E-state index is 0.500. The highest BCUT2D eigenvalue weighted by molar-refractivity contribution is 9.11. The van der Waals surface area contributed by atoms with E-state index in [1.165, 1.54) is 0 Å². The third-order valence-electron chi connectivity index (χ3n) is 1.77. The van der Waals surface area contributed by atoms with E-state index in [4.69, 9.17) is 0 Å². The van der Waals surface area contributed by atoms with Gasteiger partial charge in [0.2, 0.25) is 5.82 Å². The van der Waals surface area contributed by atoms with E-state index < -0.39 is 0 Å². The second kappa shape index (κ2) is 4.32. The highest BCUT2D eigenvalue weighted by atomic mass is 79.9. The zero-order valence-electron chi connectivity index (χ0n) is 7.78. The number of benzene rings is 1. The van der Waals surface area contributed by atoms with Gasteiger partial charge in [-0.05, 0) is 50.9 Å². The Kier molecular flexibility index (Phi) is 3.06. The fraction of sp³-hybridized carbons (Fsp3) is 0.111. The standard InChI is InChI=1S/C9H6Br2N4/c1-5-12-14-9(15-13-5)8-6(10)3-2-4-7(8)11/h2-4H,1H3. The van der Waals surface area contributed by atoms with Crippen LogP contribution in [0.5, 0.6) is 0 Å². The second-order valence-electron chi connectivity index (χ2n) is 2.87. The topological polar surface area (TPSA) is 51.6 Å². The molecule has 0 N–H and O–H groups in total. The summed E-state index contributed by atoms with van der Waals surface area (Å²) in [4.78, 5) is 0. The van der Waals surface area contributed by atoms with E-state index in [2.05, 4.69) is 52.3 Å². The van der Waals surface area contributed by atoms with Gasteiger partial charge in [-0.2, -0.15) is 0 Å². The first kappa shape index (κ1) is 10.6. The van der Waals surface area contributed by atoms with Crippen LogP contribution < -0.4 is 0 Å². The number of nitrogens with zero attached hydrogens (tertiary/aromatic N) is 4. The predicted octanol–water partition coefficient (Wildman–Crippen LogP) is 2.77. The van der Waals surface area contributed by atoms with E-state index in [1.54, 1.807) is 6.92 Å². The molecule has 2 aromatic rings. The Labute approximate surface area is 103 Å². The Morgan fingerprint density at radius 3 is 2.00 bits per heavy atom. The summed E-state index contributed by atoms with van der Waals surface area (Å²) in [5.74, 6) is 1.06. The molecule has 1 heterocycles. The average Bonchev–Trinajstić information content (AvgIpc) is 2.20. The summed E-state index contributed by atoms with van der Waals surface area (Å²) in [5.41, 5.74) is 0.859. The molecule has 0 saturated heterocycles. The van der Waals surface area contributed by atoms with Crippen LogP contribution in [-0.2, 0) is 0 Å². The van der Waals surface area contributed by atoms with Gasteiger partial charge in [0.25, 0.3) is 0 Å². The maximum absolute atomic E-state index is 3.99. The first-order valence-corrected chi connectivity index (χ1v) is 5.75. The van der Waals surface area contributed by atoms with Crippen molar-refractivity contribution < 1.29 is 0 Å². The van der Waals surface area contributed by atoms with Crippen LogP contribution in [0.15, 0.2) is 27.1 Å². The molecule has 0 unspecified atom stereocenters. The predicted molar refractivity (Wildman–Crippen MR) is 63.2 cm³/mol. The molecule has 6 heteroatoms. The molecular weight excluding hydrogens is 324 g/mol. The number of aromatic nitrogens is 4. The van der Waals surface area contributed by atoms with Gasteiger partial charge in [-0.3, -0.25) is 0 Å². The fourth-order valence-electron chi connectivity index (χ4n) is 1.09. The number of hydrogen-bond acceptors (Lipinski definition) is 4. The Balaban J connectivity index is 2.58. The number of hydrogen-bond donors (Lipinski definition) is 0. The van der Waals surface area contributed by atoms with Crippen LogP contribution >= 0.6 is 31.9 Å². The van der Waals surface area contributed by atoms with Crippen molar-refractivity contribution in [2.24, 2.45) is 0 Å². The molecule has 1 aromatic heterocycles. The molecule has 4 nitrogen and oxygen atoms in total. The number of rotatable bonds is 1. The highest BCUT2D eigenvalue weighted by Gasteiger charge is 2.10. The first-order valence-electron chi connectivity index (χ1n) is 4.17. The summed E-state index contributed by atoms with van der Waals surface area (Å²) >= 11 is 6.87. The van der Waals surface area contributed by atoms with Crippen LogP contribution in [0.4, 0.5) is 0 Å². The third-order valence-corrected chi connectivity index (χ3v) is 3.09. The minimum atomic E-state index is 0.500. The van der Waals surface area contributed by atoms with E-state index in [0.29, 0.717) is 11.6 Å². The molecule has 2 rings (SSSR count). The van der Waals surface area contributed by atoms with Gasteiger partial charge in [-0.25, -0.2) is 0 Å². The zero-order valence-corrected chi connectivity index (χ0v) is 10.9. The van der Waals surface area contributed by atoms with Crippen molar-refractivity contribution in [3.8, 4) is 11.4 Å². The van der Waals surface area contributed by atoms with Crippen LogP contribution in [0.1, 0.15) is 5.82 Å². The van der Waals surface area contributed by atoms with Crippen LogP contribution in [0.2, 0.25) is 0 Å². The minimum Gasteiger partial charge on any atom is -0.131 e. The average molecular weight is 330 g/mol. The number of aryl methyl sites for hydroxylation is 1. The lowest BCUT2D eigenvalue weighted by atomic mass is 10.2. The van der Waals surface area contributed by atoms with Gasteiger partial charge in [0.05, 0.1) is 5.56 Å².